The topological polar surface area (TPSA) is 177 Å². The van der Waals surface area contributed by atoms with Crippen LogP contribution in [-0.4, -0.2) is 49.6 Å². The Bertz CT molecular complexity index is 1600. The molecule has 4 rings (SSSR count). The van der Waals surface area contributed by atoms with Crippen LogP contribution in [0.3, 0.4) is 0 Å². The second-order valence-electron chi connectivity index (χ2n) is 7.56. The zero-order chi connectivity index (χ0) is 26.7. The minimum absolute atomic E-state index is 0.00935. The Labute approximate surface area is 208 Å². The molecule has 0 aliphatic heterocycles. The second kappa shape index (κ2) is 10.1. The van der Waals surface area contributed by atoms with Crippen LogP contribution < -0.4 is 15.5 Å². The van der Waals surface area contributed by atoms with Crippen molar-refractivity contribution in [2.45, 2.75) is 6.92 Å². The molecule has 0 saturated heterocycles. The number of hydrogen-bond acceptors (Lipinski definition) is 9. The van der Waals surface area contributed by atoms with E-state index in [0.29, 0.717) is 4.57 Å². The Kier molecular flexibility index (Phi) is 6.73. The molecule has 0 unspecified atom stereocenters. The monoisotopic (exact) mass is 505 g/mol. The summed E-state index contributed by atoms with van der Waals surface area (Å²) in [7, 11) is 0. The van der Waals surface area contributed by atoms with Crippen molar-refractivity contribution in [2.24, 2.45) is 0 Å². The fourth-order valence-electron chi connectivity index (χ4n) is 3.60. The molecule has 4 aromatic rings. The highest BCUT2D eigenvalue weighted by Gasteiger charge is 2.23. The molecular formula is C25H19N3O9. The smallest absolute Gasteiger partial charge is 0.416 e. The van der Waals surface area contributed by atoms with E-state index in [1.54, 1.807) is 6.92 Å². The van der Waals surface area contributed by atoms with Gasteiger partial charge in [-0.3, -0.25) is 15.1 Å². The number of phenols is 2. The number of ether oxygens (including phenoxy) is 2. The standard InChI is InChI=1S/C25H19N3O9/c1-2-36-24(33)27-17-10-22(37-23(32)13-4-3-7-26-12-13)21(31)9-16(17)19-11-20(30)15-6-5-14(29)8-18(15)28(19)25(34)35/h3-12,29,31H,2H2,1H3,(H,27,33)(H,34,35). The Balaban J connectivity index is 1.93. The van der Waals surface area contributed by atoms with E-state index in [0.717, 1.165) is 24.3 Å². The third kappa shape index (κ3) is 5.03. The van der Waals surface area contributed by atoms with Gasteiger partial charge in [0.05, 0.1) is 29.1 Å². The van der Waals surface area contributed by atoms with Gasteiger partial charge < -0.3 is 24.8 Å². The number of amides is 1. The fraction of sp³-hybridized carbons (Fsp3) is 0.0800. The maximum atomic E-state index is 12.8. The first-order valence-electron chi connectivity index (χ1n) is 10.7. The molecule has 0 fully saturated rings. The Hall–Kier alpha value is -5.39. The molecule has 12 heteroatoms. The summed E-state index contributed by atoms with van der Waals surface area (Å²) in [5.41, 5.74) is -1.14. The molecule has 2 aromatic heterocycles. The molecule has 12 nitrogen and oxygen atoms in total. The molecule has 0 bridgehead atoms. The highest BCUT2D eigenvalue weighted by molar-refractivity contribution is 5.98. The number of aromatic nitrogens is 2. The molecule has 0 spiro atoms. The van der Waals surface area contributed by atoms with Crippen LogP contribution in [0.15, 0.2) is 65.7 Å². The Morgan fingerprint density at radius 3 is 2.54 bits per heavy atom. The van der Waals surface area contributed by atoms with E-state index in [4.69, 9.17) is 9.47 Å². The minimum atomic E-state index is -1.51. The number of aromatic hydroxyl groups is 2. The number of nitrogens with one attached hydrogen (secondary N) is 1. The van der Waals surface area contributed by atoms with Gasteiger partial charge in [-0.1, -0.05) is 0 Å². The lowest BCUT2D eigenvalue weighted by Gasteiger charge is -2.18. The van der Waals surface area contributed by atoms with E-state index in [-0.39, 0.29) is 51.5 Å². The lowest BCUT2D eigenvalue weighted by Crippen LogP contribution is -2.19. The molecule has 4 N–H and O–H groups in total. The first kappa shape index (κ1) is 24.7. The van der Waals surface area contributed by atoms with Crippen LogP contribution in [-0.2, 0) is 4.74 Å². The number of carboxylic acid groups (broad SMARTS) is 1. The van der Waals surface area contributed by atoms with Gasteiger partial charge in [-0.25, -0.2) is 19.0 Å². The van der Waals surface area contributed by atoms with Crippen LogP contribution in [0.2, 0.25) is 0 Å². The quantitative estimate of drug-likeness (QED) is 0.177. The second-order valence-corrected chi connectivity index (χ2v) is 7.56. The zero-order valence-corrected chi connectivity index (χ0v) is 19.2. The van der Waals surface area contributed by atoms with Gasteiger partial charge in [-0.2, -0.15) is 0 Å². The van der Waals surface area contributed by atoms with Crippen LogP contribution in [0.25, 0.3) is 22.2 Å². The number of phenolic OH excluding ortho intramolecular Hbond substituents is 2. The average molecular weight is 505 g/mol. The summed E-state index contributed by atoms with van der Waals surface area (Å²) in [6.45, 7) is 1.58. The molecule has 2 heterocycles. The lowest BCUT2D eigenvalue weighted by molar-refractivity contribution is 0.0729. The van der Waals surface area contributed by atoms with Crippen LogP contribution in [0.4, 0.5) is 15.3 Å². The molecule has 0 radical (unpaired) electrons. The predicted octanol–water partition coefficient (Wildman–Crippen LogP) is 3.79. The number of esters is 1. The van der Waals surface area contributed by atoms with Crippen molar-refractivity contribution in [1.29, 1.82) is 0 Å². The summed E-state index contributed by atoms with van der Waals surface area (Å²) in [6.07, 6.45) is 0.262. The van der Waals surface area contributed by atoms with E-state index in [9.17, 15) is 34.5 Å². The van der Waals surface area contributed by atoms with Crippen LogP contribution in [0, 0.1) is 0 Å². The molecule has 0 aliphatic carbocycles. The normalized spacial score (nSPS) is 10.6. The minimum Gasteiger partial charge on any atom is -0.508 e. The van der Waals surface area contributed by atoms with Crippen molar-refractivity contribution in [2.75, 3.05) is 11.9 Å². The zero-order valence-electron chi connectivity index (χ0n) is 19.2. The Morgan fingerprint density at radius 2 is 1.86 bits per heavy atom. The van der Waals surface area contributed by atoms with Gasteiger partial charge in [-0.15, -0.1) is 0 Å². The third-order valence-corrected chi connectivity index (χ3v) is 5.17. The van der Waals surface area contributed by atoms with Crippen LogP contribution in [0.5, 0.6) is 17.2 Å². The summed E-state index contributed by atoms with van der Waals surface area (Å²) in [5.74, 6) is -2.11. The molecule has 0 atom stereocenters. The van der Waals surface area contributed by atoms with Crippen molar-refractivity contribution < 1.29 is 39.2 Å². The first-order chi connectivity index (χ1) is 17.7. The number of anilines is 1. The number of rotatable bonds is 5. The van der Waals surface area contributed by atoms with Gasteiger partial charge in [0.15, 0.2) is 16.9 Å². The maximum Gasteiger partial charge on any atom is 0.416 e. The van der Waals surface area contributed by atoms with Gasteiger partial charge >= 0.3 is 18.2 Å². The first-order valence-corrected chi connectivity index (χ1v) is 10.7. The number of nitrogens with zero attached hydrogens (tertiary/aromatic N) is 2. The summed E-state index contributed by atoms with van der Waals surface area (Å²) in [6, 6.07) is 9.66. The maximum absolute atomic E-state index is 12.8. The van der Waals surface area contributed by atoms with Crippen molar-refractivity contribution in [3.05, 3.63) is 76.7 Å². The highest BCUT2D eigenvalue weighted by Crippen LogP contribution is 2.39. The SMILES string of the molecule is CCOC(=O)Nc1cc(OC(=O)c2cccnc2)c(O)cc1-c1cc(=O)c2ccc(O)cc2n1C(=O)O. The molecule has 1 amide bonds. The third-order valence-electron chi connectivity index (χ3n) is 5.17. The number of hydrogen-bond donors (Lipinski definition) is 4. The molecule has 2 aromatic carbocycles. The van der Waals surface area contributed by atoms with Gasteiger partial charge in [0.1, 0.15) is 5.75 Å². The van der Waals surface area contributed by atoms with E-state index in [1.807, 2.05) is 0 Å². The lowest BCUT2D eigenvalue weighted by atomic mass is 10.0. The largest absolute Gasteiger partial charge is 0.508 e. The van der Waals surface area contributed by atoms with E-state index in [1.165, 1.54) is 36.7 Å². The van der Waals surface area contributed by atoms with Crippen LogP contribution in [0.1, 0.15) is 17.3 Å². The molecule has 0 aliphatic rings. The average Bonchev–Trinajstić information content (AvgIpc) is 2.86. The van der Waals surface area contributed by atoms with Gasteiger partial charge in [0.2, 0.25) is 0 Å². The van der Waals surface area contributed by atoms with Crippen molar-refractivity contribution in [1.82, 2.24) is 9.55 Å². The number of carbonyl (C=O) groups excluding carboxylic acids is 2. The van der Waals surface area contributed by atoms with Crippen molar-refractivity contribution in [3.8, 4) is 28.5 Å². The molecular weight excluding hydrogens is 486 g/mol. The highest BCUT2D eigenvalue weighted by atomic mass is 16.5. The van der Waals surface area contributed by atoms with E-state index < -0.39 is 29.3 Å². The predicted molar refractivity (Wildman–Crippen MR) is 130 cm³/mol. The molecule has 188 valence electrons. The van der Waals surface area contributed by atoms with Crippen molar-refractivity contribution in [3.63, 3.8) is 0 Å². The number of fused-ring (bicyclic) bond motifs is 1. The van der Waals surface area contributed by atoms with Gasteiger partial charge in [-0.05, 0) is 37.3 Å². The Morgan fingerprint density at radius 1 is 1.08 bits per heavy atom. The number of benzene rings is 2. The summed E-state index contributed by atoms with van der Waals surface area (Å²) in [5, 5.41) is 32.9. The van der Waals surface area contributed by atoms with Crippen LogP contribution >= 0.6 is 0 Å². The summed E-state index contributed by atoms with van der Waals surface area (Å²) < 4.78 is 10.9. The summed E-state index contributed by atoms with van der Waals surface area (Å²) in [4.78, 5) is 53.6. The van der Waals surface area contributed by atoms with Gasteiger partial charge in [0, 0.05) is 41.5 Å². The van der Waals surface area contributed by atoms with E-state index in [2.05, 4.69) is 10.3 Å². The molecule has 37 heavy (non-hydrogen) atoms. The van der Waals surface area contributed by atoms with Crippen molar-refractivity contribution >= 4 is 34.7 Å². The summed E-state index contributed by atoms with van der Waals surface area (Å²) >= 11 is 0. The number of pyridine rings is 2. The number of carbonyl (C=O) groups is 3. The fourth-order valence-corrected chi connectivity index (χ4v) is 3.60. The molecule has 0 saturated carbocycles. The van der Waals surface area contributed by atoms with Gasteiger partial charge in [0.25, 0.3) is 0 Å². The van der Waals surface area contributed by atoms with E-state index >= 15 is 0 Å².